The molecular weight excluding hydrogens is 288 g/mol. The topological polar surface area (TPSA) is 101 Å². The van der Waals surface area contributed by atoms with Gasteiger partial charge in [0.15, 0.2) is 0 Å². The van der Waals surface area contributed by atoms with Gasteiger partial charge in [-0.15, -0.1) is 0 Å². The number of benzene rings is 1. The normalized spacial score (nSPS) is 17.8. The second-order valence-electron chi connectivity index (χ2n) is 5.76. The SMILES string of the molecule is CC(C)c1ccc(C(=O)N2CCC(C(=O)O)C2)cc1[N+](=O)[O-]. The fraction of sp³-hybridized carbons (Fsp3) is 0.467. The maximum absolute atomic E-state index is 12.4. The van der Waals surface area contributed by atoms with Gasteiger partial charge in [-0.1, -0.05) is 19.9 Å². The minimum absolute atomic E-state index is 0.0206. The van der Waals surface area contributed by atoms with Crippen molar-refractivity contribution in [1.29, 1.82) is 0 Å². The van der Waals surface area contributed by atoms with Crippen LogP contribution in [0.15, 0.2) is 18.2 Å². The highest BCUT2D eigenvalue weighted by molar-refractivity contribution is 5.95. The zero-order valence-electron chi connectivity index (χ0n) is 12.5. The summed E-state index contributed by atoms with van der Waals surface area (Å²) in [5.74, 6) is -1.86. The molecule has 0 saturated carbocycles. The Hall–Kier alpha value is -2.44. The van der Waals surface area contributed by atoms with Gasteiger partial charge in [0.1, 0.15) is 0 Å². The number of nitro benzene ring substituents is 1. The molecule has 1 aromatic rings. The number of rotatable bonds is 4. The van der Waals surface area contributed by atoms with Crippen LogP contribution in [0.4, 0.5) is 5.69 Å². The van der Waals surface area contributed by atoms with Gasteiger partial charge in [-0.3, -0.25) is 19.7 Å². The molecule has 2 rings (SSSR count). The first-order valence-electron chi connectivity index (χ1n) is 7.11. The van der Waals surface area contributed by atoms with Crippen LogP contribution in [-0.2, 0) is 4.79 Å². The summed E-state index contributed by atoms with van der Waals surface area (Å²) in [5.41, 5.74) is 0.725. The fourth-order valence-electron chi connectivity index (χ4n) is 2.65. The quantitative estimate of drug-likeness (QED) is 0.679. The van der Waals surface area contributed by atoms with Crippen LogP contribution in [0.1, 0.15) is 42.1 Å². The van der Waals surface area contributed by atoms with E-state index < -0.39 is 16.8 Å². The van der Waals surface area contributed by atoms with E-state index in [1.807, 2.05) is 13.8 Å². The smallest absolute Gasteiger partial charge is 0.308 e. The van der Waals surface area contributed by atoms with E-state index in [1.54, 1.807) is 12.1 Å². The van der Waals surface area contributed by atoms with Crippen LogP contribution in [0.5, 0.6) is 0 Å². The highest BCUT2D eigenvalue weighted by Crippen LogP contribution is 2.28. The molecule has 1 atom stereocenters. The molecule has 1 saturated heterocycles. The molecule has 1 unspecified atom stereocenters. The van der Waals surface area contributed by atoms with E-state index in [2.05, 4.69) is 0 Å². The lowest BCUT2D eigenvalue weighted by Crippen LogP contribution is -2.30. The van der Waals surface area contributed by atoms with Gasteiger partial charge in [-0.05, 0) is 18.4 Å². The van der Waals surface area contributed by atoms with Crippen molar-refractivity contribution in [2.75, 3.05) is 13.1 Å². The Morgan fingerprint density at radius 2 is 2.09 bits per heavy atom. The van der Waals surface area contributed by atoms with Gasteiger partial charge in [0.25, 0.3) is 11.6 Å². The third-order valence-electron chi connectivity index (χ3n) is 3.92. The summed E-state index contributed by atoms with van der Waals surface area (Å²) in [6.07, 6.45) is 0.410. The average Bonchev–Trinajstić information content (AvgIpc) is 2.95. The van der Waals surface area contributed by atoms with E-state index in [9.17, 15) is 19.7 Å². The van der Waals surface area contributed by atoms with E-state index in [4.69, 9.17) is 5.11 Å². The maximum atomic E-state index is 12.4. The molecule has 0 bridgehead atoms. The number of hydrogen-bond donors (Lipinski definition) is 1. The van der Waals surface area contributed by atoms with E-state index >= 15 is 0 Å². The van der Waals surface area contributed by atoms with Crippen molar-refractivity contribution < 1.29 is 19.6 Å². The van der Waals surface area contributed by atoms with Gasteiger partial charge in [0, 0.05) is 30.3 Å². The number of likely N-dealkylation sites (tertiary alicyclic amines) is 1. The van der Waals surface area contributed by atoms with E-state index in [0.29, 0.717) is 18.5 Å². The molecule has 1 fully saturated rings. The zero-order chi connectivity index (χ0) is 16.4. The number of carboxylic acid groups (broad SMARTS) is 1. The Balaban J connectivity index is 2.26. The molecule has 1 aliphatic heterocycles. The molecule has 1 aromatic carbocycles. The molecule has 1 aliphatic rings. The van der Waals surface area contributed by atoms with Crippen molar-refractivity contribution in [3.63, 3.8) is 0 Å². The number of amides is 1. The van der Waals surface area contributed by atoms with Crippen LogP contribution < -0.4 is 0 Å². The number of hydrogen-bond acceptors (Lipinski definition) is 4. The molecule has 7 nitrogen and oxygen atoms in total. The molecule has 22 heavy (non-hydrogen) atoms. The fourth-order valence-corrected chi connectivity index (χ4v) is 2.65. The second-order valence-corrected chi connectivity index (χ2v) is 5.76. The Kier molecular flexibility index (Phi) is 4.44. The van der Waals surface area contributed by atoms with E-state index in [0.717, 1.165) is 0 Å². The van der Waals surface area contributed by atoms with Crippen molar-refractivity contribution in [3.05, 3.63) is 39.4 Å². The number of carbonyl (C=O) groups is 2. The zero-order valence-corrected chi connectivity index (χ0v) is 12.5. The van der Waals surface area contributed by atoms with E-state index in [1.165, 1.54) is 11.0 Å². The lowest BCUT2D eigenvalue weighted by molar-refractivity contribution is -0.385. The molecule has 7 heteroatoms. The van der Waals surface area contributed by atoms with Gasteiger partial charge in [-0.25, -0.2) is 0 Å². The third kappa shape index (κ3) is 3.08. The van der Waals surface area contributed by atoms with Crippen LogP contribution in [0.2, 0.25) is 0 Å². The number of nitro groups is 1. The second kappa shape index (κ2) is 6.13. The molecule has 118 valence electrons. The monoisotopic (exact) mass is 306 g/mol. The van der Waals surface area contributed by atoms with Crippen molar-refractivity contribution in [2.24, 2.45) is 5.92 Å². The first-order chi connectivity index (χ1) is 10.3. The first kappa shape index (κ1) is 15.9. The van der Waals surface area contributed by atoms with Crippen LogP contribution in [0, 0.1) is 16.0 Å². The van der Waals surface area contributed by atoms with Gasteiger partial charge < -0.3 is 10.0 Å². The first-order valence-corrected chi connectivity index (χ1v) is 7.11. The Labute approximate surface area is 127 Å². The van der Waals surface area contributed by atoms with Crippen LogP contribution in [0.25, 0.3) is 0 Å². The summed E-state index contributed by atoms with van der Waals surface area (Å²) < 4.78 is 0. The molecule has 0 spiro atoms. The Morgan fingerprint density at radius 1 is 1.41 bits per heavy atom. The maximum Gasteiger partial charge on any atom is 0.308 e. The summed E-state index contributed by atoms with van der Waals surface area (Å²) in [6.45, 7) is 4.20. The minimum atomic E-state index is -0.920. The van der Waals surface area contributed by atoms with Crippen molar-refractivity contribution in [3.8, 4) is 0 Å². The summed E-state index contributed by atoms with van der Waals surface area (Å²) in [6, 6.07) is 4.45. The molecule has 0 radical (unpaired) electrons. The molecule has 1 amide bonds. The highest BCUT2D eigenvalue weighted by Gasteiger charge is 2.32. The summed E-state index contributed by atoms with van der Waals surface area (Å²) in [4.78, 5) is 35.4. The standard InChI is InChI=1S/C15H18N2O5/c1-9(2)12-4-3-10(7-13(12)17(21)22)14(18)16-6-5-11(8-16)15(19)20/h3-4,7,9,11H,5-6,8H2,1-2H3,(H,19,20). The van der Waals surface area contributed by atoms with Crippen LogP contribution in [0.3, 0.4) is 0 Å². The molecule has 0 aliphatic carbocycles. The van der Waals surface area contributed by atoms with E-state index in [-0.39, 0.29) is 29.6 Å². The number of aliphatic carboxylic acids is 1. The summed E-state index contributed by atoms with van der Waals surface area (Å²) >= 11 is 0. The van der Waals surface area contributed by atoms with Crippen LogP contribution >= 0.6 is 0 Å². The van der Waals surface area contributed by atoms with Gasteiger partial charge in [0.2, 0.25) is 0 Å². The van der Waals surface area contributed by atoms with Gasteiger partial charge >= 0.3 is 5.97 Å². The molecular formula is C15H18N2O5. The largest absolute Gasteiger partial charge is 0.481 e. The summed E-state index contributed by atoms with van der Waals surface area (Å²) in [7, 11) is 0. The molecule has 1 heterocycles. The highest BCUT2D eigenvalue weighted by atomic mass is 16.6. The number of carboxylic acids is 1. The van der Waals surface area contributed by atoms with Crippen LogP contribution in [-0.4, -0.2) is 39.9 Å². The molecule has 1 N–H and O–H groups in total. The average molecular weight is 306 g/mol. The lowest BCUT2D eigenvalue weighted by Gasteiger charge is -2.16. The molecule has 0 aromatic heterocycles. The van der Waals surface area contributed by atoms with Gasteiger partial charge in [0.05, 0.1) is 10.8 Å². The Morgan fingerprint density at radius 3 is 2.59 bits per heavy atom. The predicted molar refractivity (Wildman–Crippen MR) is 78.8 cm³/mol. The van der Waals surface area contributed by atoms with Crippen molar-refractivity contribution in [1.82, 2.24) is 4.90 Å². The van der Waals surface area contributed by atoms with Crippen molar-refractivity contribution >= 4 is 17.6 Å². The van der Waals surface area contributed by atoms with Gasteiger partial charge in [-0.2, -0.15) is 0 Å². The Bertz CT molecular complexity index is 626. The van der Waals surface area contributed by atoms with Crippen molar-refractivity contribution in [2.45, 2.75) is 26.2 Å². The lowest BCUT2D eigenvalue weighted by atomic mass is 9.99. The number of nitrogens with zero attached hydrogens (tertiary/aromatic N) is 2. The summed E-state index contributed by atoms with van der Waals surface area (Å²) in [5, 5.41) is 20.1. The number of carbonyl (C=O) groups excluding carboxylic acids is 1. The minimum Gasteiger partial charge on any atom is -0.481 e. The third-order valence-corrected chi connectivity index (χ3v) is 3.92. The predicted octanol–water partition coefficient (Wildman–Crippen LogP) is 2.26.